The molecule has 122 valence electrons. The van der Waals surface area contributed by atoms with Crippen LogP contribution in [0.25, 0.3) is 0 Å². The number of nitrogens with zero attached hydrogens (tertiary/aromatic N) is 1. The highest BCUT2D eigenvalue weighted by Crippen LogP contribution is 2.32. The van der Waals surface area contributed by atoms with Gasteiger partial charge in [0.15, 0.2) is 0 Å². The van der Waals surface area contributed by atoms with E-state index in [1.54, 1.807) is 0 Å². The number of nitrogens with two attached hydrogens (primary N) is 1. The molecule has 2 fully saturated rings. The van der Waals surface area contributed by atoms with Gasteiger partial charge in [0, 0.05) is 6.54 Å². The van der Waals surface area contributed by atoms with Crippen LogP contribution in [0.2, 0.25) is 0 Å². The number of halogens is 1. The largest absolute Gasteiger partial charge is 0.367 e. The molecule has 4 nitrogen and oxygen atoms in total. The Balaban J connectivity index is 0.00000176. The number of benzene rings is 1. The van der Waals surface area contributed by atoms with Gasteiger partial charge in [-0.3, -0.25) is 4.79 Å². The molecule has 1 saturated heterocycles. The molecule has 2 unspecified atom stereocenters. The van der Waals surface area contributed by atoms with Gasteiger partial charge >= 0.3 is 0 Å². The van der Waals surface area contributed by atoms with Crippen molar-refractivity contribution in [3.8, 4) is 0 Å². The molecule has 1 aromatic rings. The molecule has 1 amide bonds. The smallest absolute Gasteiger partial charge is 0.242 e. The third kappa shape index (κ3) is 3.45. The fourth-order valence-corrected chi connectivity index (χ4v) is 3.50. The fraction of sp³-hybridized carbons (Fsp3) is 0.588. The van der Waals surface area contributed by atoms with Gasteiger partial charge in [-0.1, -0.05) is 43.2 Å². The predicted octanol–water partition coefficient (Wildman–Crippen LogP) is 2.67. The van der Waals surface area contributed by atoms with Crippen molar-refractivity contribution in [3.63, 3.8) is 0 Å². The Morgan fingerprint density at radius 3 is 2.50 bits per heavy atom. The molecule has 1 aromatic carbocycles. The van der Waals surface area contributed by atoms with E-state index < -0.39 is 5.54 Å². The number of amides is 1. The lowest BCUT2D eigenvalue weighted by Gasteiger charge is -2.40. The van der Waals surface area contributed by atoms with Crippen LogP contribution in [-0.4, -0.2) is 35.5 Å². The van der Waals surface area contributed by atoms with Crippen molar-refractivity contribution in [2.45, 2.75) is 50.4 Å². The highest BCUT2D eigenvalue weighted by Gasteiger charge is 2.42. The molecule has 3 rings (SSSR count). The van der Waals surface area contributed by atoms with Crippen molar-refractivity contribution < 1.29 is 9.53 Å². The molecule has 2 aliphatic rings. The molecule has 0 aromatic heterocycles. The van der Waals surface area contributed by atoms with Crippen LogP contribution in [0.1, 0.15) is 44.3 Å². The predicted molar refractivity (Wildman–Crippen MR) is 88.9 cm³/mol. The van der Waals surface area contributed by atoms with Crippen LogP contribution >= 0.6 is 12.4 Å². The molecule has 1 aliphatic heterocycles. The van der Waals surface area contributed by atoms with Crippen molar-refractivity contribution in [1.29, 1.82) is 0 Å². The Kier molecular flexibility index (Phi) is 5.48. The highest BCUT2D eigenvalue weighted by atomic mass is 35.5. The Morgan fingerprint density at radius 1 is 1.23 bits per heavy atom. The monoisotopic (exact) mass is 324 g/mol. The Morgan fingerprint density at radius 2 is 1.86 bits per heavy atom. The molecule has 0 radical (unpaired) electrons. The minimum atomic E-state index is -0.641. The summed E-state index contributed by atoms with van der Waals surface area (Å²) in [6, 6.07) is 10.1. The summed E-state index contributed by atoms with van der Waals surface area (Å²) in [6.07, 6.45) is 3.73. The van der Waals surface area contributed by atoms with E-state index in [0.717, 1.165) is 31.2 Å². The first-order valence-electron chi connectivity index (χ1n) is 7.87. The second-order valence-electron chi connectivity index (χ2n) is 6.42. The number of hydrogen-bond acceptors (Lipinski definition) is 3. The zero-order chi connectivity index (χ0) is 14.9. The number of rotatable bonds is 2. The maximum absolute atomic E-state index is 12.8. The van der Waals surface area contributed by atoms with Crippen molar-refractivity contribution in [2.24, 2.45) is 5.73 Å². The summed E-state index contributed by atoms with van der Waals surface area (Å²) in [4.78, 5) is 14.7. The summed E-state index contributed by atoms with van der Waals surface area (Å²) in [5.74, 6) is 0.107. The Hall–Kier alpha value is -1.10. The summed E-state index contributed by atoms with van der Waals surface area (Å²) in [7, 11) is 0. The molecular weight excluding hydrogens is 300 g/mol. The lowest BCUT2D eigenvalue weighted by Crippen LogP contribution is -2.57. The highest BCUT2D eigenvalue weighted by molar-refractivity contribution is 5.86. The molecule has 1 heterocycles. The van der Waals surface area contributed by atoms with Crippen LogP contribution in [0, 0.1) is 0 Å². The summed E-state index contributed by atoms with van der Waals surface area (Å²) < 4.78 is 6.01. The fourth-order valence-electron chi connectivity index (χ4n) is 3.50. The first-order chi connectivity index (χ1) is 10.1. The van der Waals surface area contributed by atoms with Gasteiger partial charge in [0.05, 0.1) is 18.2 Å². The SMILES string of the molecule is CC1CN(C(=O)C2(N)CCCC2)CC(c2ccccc2)O1.Cl. The molecule has 5 heteroatoms. The van der Waals surface area contributed by atoms with Crippen molar-refractivity contribution in [3.05, 3.63) is 35.9 Å². The van der Waals surface area contributed by atoms with Gasteiger partial charge in [-0.05, 0) is 25.3 Å². The van der Waals surface area contributed by atoms with Crippen LogP contribution in [-0.2, 0) is 9.53 Å². The first kappa shape index (κ1) is 17.3. The van der Waals surface area contributed by atoms with Crippen LogP contribution < -0.4 is 5.73 Å². The van der Waals surface area contributed by atoms with E-state index in [4.69, 9.17) is 10.5 Å². The molecule has 1 saturated carbocycles. The van der Waals surface area contributed by atoms with Crippen molar-refractivity contribution in [1.82, 2.24) is 4.90 Å². The molecule has 1 aliphatic carbocycles. The normalized spacial score (nSPS) is 27.3. The molecule has 22 heavy (non-hydrogen) atoms. The summed E-state index contributed by atoms with van der Waals surface area (Å²) in [5, 5.41) is 0. The van der Waals surface area contributed by atoms with Gasteiger partial charge < -0.3 is 15.4 Å². The van der Waals surface area contributed by atoms with E-state index in [9.17, 15) is 4.79 Å². The van der Waals surface area contributed by atoms with Crippen LogP contribution in [0.4, 0.5) is 0 Å². The minimum Gasteiger partial charge on any atom is -0.367 e. The number of morpholine rings is 1. The van der Waals surface area contributed by atoms with Crippen LogP contribution in [0.3, 0.4) is 0 Å². The van der Waals surface area contributed by atoms with E-state index in [-0.39, 0.29) is 30.5 Å². The Bertz CT molecular complexity index is 503. The van der Waals surface area contributed by atoms with E-state index in [2.05, 4.69) is 12.1 Å². The molecular formula is C17H25ClN2O2. The topological polar surface area (TPSA) is 55.6 Å². The maximum Gasteiger partial charge on any atom is 0.242 e. The summed E-state index contributed by atoms with van der Waals surface area (Å²) in [6.45, 7) is 3.26. The lowest BCUT2D eigenvalue weighted by atomic mass is 9.95. The van der Waals surface area contributed by atoms with E-state index in [1.807, 2.05) is 30.0 Å². The number of carbonyl (C=O) groups is 1. The van der Waals surface area contributed by atoms with Crippen LogP contribution in [0.5, 0.6) is 0 Å². The quantitative estimate of drug-likeness (QED) is 0.910. The summed E-state index contributed by atoms with van der Waals surface area (Å²) in [5.41, 5.74) is 6.81. The third-order valence-electron chi connectivity index (χ3n) is 4.64. The first-order valence-corrected chi connectivity index (χ1v) is 7.87. The van der Waals surface area contributed by atoms with Gasteiger partial charge in [-0.25, -0.2) is 0 Å². The number of hydrogen-bond donors (Lipinski definition) is 1. The lowest BCUT2D eigenvalue weighted by molar-refractivity contribution is -0.150. The standard InChI is InChI=1S/C17H24N2O2.ClH/c1-13-11-19(16(20)17(18)9-5-6-10-17)12-15(21-13)14-7-3-2-4-8-14;/h2-4,7-8,13,15H,5-6,9-12,18H2,1H3;1H. The second kappa shape index (κ2) is 6.99. The number of carbonyl (C=O) groups excluding carboxylic acids is 1. The van der Waals surface area contributed by atoms with E-state index >= 15 is 0 Å². The average molecular weight is 325 g/mol. The zero-order valence-electron chi connectivity index (χ0n) is 13.0. The average Bonchev–Trinajstić information content (AvgIpc) is 2.95. The van der Waals surface area contributed by atoms with E-state index in [0.29, 0.717) is 13.1 Å². The van der Waals surface area contributed by atoms with E-state index in [1.165, 1.54) is 0 Å². The van der Waals surface area contributed by atoms with Gasteiger partial charge in [-0.15, -0.1) is 12.4 Å². The van der Waals surface area contributed by atoms with Gasteiger partial charge in [-0.2, -0.15) is 0 Å². The molecule has 2 N–H and O–H groups in total. The van der Waals surface area contributed by atoms with Gasteiger partial charge in [0.2, 0.25) is 5.91 Å². The molecule has 2 atom stereocenters. The zero-order valence-corrected chi connectivity index (χ0v) is 13.8. The minimum absolute atomic E-state index is 0. The number of ether oxygens (including phenoxy) is 1. The molecule has 0 spiro atoms. The third-order valence-corrected chi connectivity index (χ3v) is 4.64. The summed E-state index contributed by atoms with van der Waals surface area (Å²) >= 11 is 0. The Labute approximate surface area is 138 Å². The van der Waals surface area contributed by atoms with Crippen molar-refractivity contribution >= 4 is 18.3 Å². The second-order valence-corrected chi connectivity index (χ2v) is 6.42. The van der Waals surface area contributed by atoms with Crippen LogP contribution in [0.15, 0.2) is 30.3 Å². The maximum atomic E-state index is 12.8. The molecule has 0 bridgehead atoms. The van der Waals surface area contributed by atoms with Crippen molar-refractivity contribution in [2.75, 3.05) is 13.1 Å². The van der Waals surface area contributed by atoms with Gasteiger partial charge in [0.1, 0.15) is 6.10 Å². The van der Waals surface area contributed by atoms with Gasteiger partial charge in [0.25, 0.3) is 0 Å².